The molecule has 25 heavy (non-hydrogen) atoms. The topological polar surface area (TPSA) is 73.9 Å². The van der Waals surface area contributed by atoms with E-state index in [4.69, 9.17) is 4.74 Å². The summed E-state index contributed by atoms with van der Waals surface area (Å²) in [4.78, 5) is 28.2. The first-order chi connectivity index (χ1) is 12.2. The van der Waals surface area contributed by atoms with Crippen molar-refractivity contribution in [1.29, 1.82) is 0 Å². The molecule has 0 aromatic heterocycles. The normalized spacial score (nSPS) is 27.1. The Kier molecular flexibility index (Phi) is 3.22. The molecule has 1 aromatic carbocycles. The highest BCUT2D eigenvalue weighted by molar-refractivity contribution is 6.02. The van der Waals surface area contributed by atoms with Crippen LogP contribution >= 0.6 is 0 Å². The zero-order valence-electron chi connectivity index (χ0n) is 14.1. The van der Waals surface area contributed by atoms with E-state index in [9.17, 15) is 9.59 Å². The Balaban J connectivity index is 1.43. The zero-order valence-corrected chi connectivity index (χ0v) is 14.1. The largest absolute Gasteiger partial charge is 0.487 e. The second kappa shape index (κ2) is 5.36. The highest BCUT2D eigenvalue weighted by Gasteiger charge is 2.48. The number of para-hydroxylation sites is 1. The fourth-order valence-corrected chi connectivity index (χ4v) is 4.44. The molecule has 3 fully saturated rings. The Morgan fingerprint density at radius 2 is 1.96 bits per heavy atom. The quantitative estimate of drug-likeness (QED) is 0.743. The summed E-state index contributed by atoms with van der Waals surface area (Å²) in [5.41, 5.74) is 2.53. The third-order valence-electron chi connectivity index (χ3n) is 5.84. The molecule has 132 valence electrons. The van der Waals surface area contributed by atoms with Gasteiger partial charge in [-0.05, 0) is 18.6 Å². The summed E-state index contributed by atoms with van der Waals surface area (Å²) in [6.45, 7) is 5.53. The second-order valence-corrected chi connectivity index (χ2v) is 7.59. The Morgan fingerprint density at radius 3 is 2.68 bits per heavy atom. The number of piperidine rings is 1. The highest BCUT2D eigenvalue weighted by atomic mass is 16.5. The molecule has 0 bridgehead atoms. The standard InChI is InChI=1S/C18H22N4O3/c23-15-5-4-14(17(24)20-15)22-6-7-25-16-12(2-1-3-13(16)22)21-10-18(11-21)8-19-9-18/h1-3,14,19H,4-11H2,(H,20,23,24). The van der Waals surface area contributed by atoms with Crippen LogP contribution in [0, 0.1) is 5.41 Å². The second-order valence-electron chi connectivity index (χ2n) is 7.59. The van der Waals surface area contributed by atoms with Gasteiger partial charge in [-0.25, -0.2) is 0 Å². The summed E-state index contributed by atoms with van der Waals surface area (Å²) < 4.78 is 6.01. The summed E-state index contributed by atoms with van der Waals surface area (Å²) in [5, 5.41) is 5.82. The van der Waals surface area contributed by atoms with Gasteiger partial charge in [0.05, 0.1) is 17.9 Å². The van der Waals surface area contributed by atoms with Crippen LogP contribution in [0.5, 0.6) is 5.75 Å². The number of hydrogen-bond donors (Lipinski definition) is 2. The van der Waals surface area contributed by atoms with Crippen molar-refractivity contribution < 1.29 is 14.3 Å². The number of imide groups is 1. The summed E-state index contributed by atoms with van der Waals surface area (Å²) in [5.74, 6) is 0.502. The SMILES string of the molecule is O=C1CCC(N2CCOc3c(N4CC5(CNC5)C4)cccc32)C(=O)N1. The molecular weight excluding hydrogens is 320 g/mol. The van der Waals surface area contributed by atoms with E-state index >= 15 is 0 Å². The van der Waals surface area contributed by atoms with E-state index in [1.807, 2.05) is 12.1 Å². The maximum atomic E-state index is 12.3. The number of nitrogens with one attached hydrogen (secondary N) is 2. The van der Waals surface area contributed by atoms with Crippen LogP contribution in [0.1, 0.15) is 12.8 Å². The van der Waals surface area contributed by atoms with Crippen LogP contribution in [-0.2, 0) is 9.59 Å². The fraction of sp³-hybridized carbons (Fsp3) is 0.556. The van der Waals surface area contributed by atoms with Crippen LogP contribution < -0.4 is 25.2 Å². The van der Waals surface area contributed by atoms with Crippen molar-refractivity contribution in [3.05, 3.63) is 18.2 Å². The minimum absolute atomic E-state index is 0.177. The van der Waals surface area contributed by atoms with Crippen molar-refractivity contribution in [2.24, 2.45) is 5.41 Å². The molecular formula is C18H22N4O3. The van der Waals surface area contributed by atoms with E-state index in [0.717, 1.165) is 43.3 Å². The van der Waals surface area contributed by atoms with E-state index in [-0.39, 0.29) is 17.9 Å². The predicted molar refractivity (Wildman–Crippen MR) is 93.0 cm³/mol. The molecule has 1 atom stereocenters. The predicted octanol–water partition coefficient (Wildman–Crippen LogP) is 0.100. The van der Waals surface area contributed by atoms with Gasteiger partial charge in [0.15, 0.2) is 5.75 Å². The summed E-state index contributed by atoms with van der Waals surface area (Å²) in [6, 6.07) is 5.86. The molecule has 4 aliphatic rings. The number of anilines is 2. The smallest absolute Gasteiger partial charge is 0.249 e. The molecule has 0 radical (unpaired) electrons. The molecule has 0 aliphatic carbocycles. The number of fused-ring (bicyclic) bond motifs is 1. The lowest BCUT2D eigenvalue weighted by Crippen LogP contribution is -2.71. The number of nitrogens with zero attached hydrogens (tertiary/aromatic N) is 2. The lowest BCUT2D eigenvalue weighted by atomic mass is 9.74. The average Bonchev–Trinajstić information content (AvgIpc) is 2.52. The molecule has 2 amide bonds. The van der Waals surface area contributed by atoms with Crippen LogP contribution in [0.25, 0.3) is 0 Å². The van der Waals surface area contributed by atoms with Gasteiger partial charge >= 0.3 is 0 Å². The Bertz CT molecular complexity index is 738. The monoisotopic (exact) mass is 342 g/mol. The van der Waals surface area contributed by atoms with Gasteiger partial charge in [0.25, 0.3) is 0 Å². The van der Waals surface area contributed by atoms with E-state index in [0.29, 0.717) is 31.4 Å². The van der Waals surface area contributed by atoms with Crippen LogP contribution in [0.2, 0.25) is 0 Å². The van der Waals surface area contributed by atoms with Crippen LogP contribution in [0.4, 0.5) is 11.4 Å². The van der Waals surface area contributed by atoms with E-state index < -0.39 is 0 Å². The fourth-order valence-electron chi connectivity index (χ4n) is 4.44. The molecule has 1 unspecified atom stereocenters. The van der Waals surface area contributed by atoms with E-state index in [1.165, 1.54) is 0 Å². The Hall–Kier alpha value is -2.28. The third-order valence-corrected chi connectivity index (χ3v) is 5.84. The molecule has 1 spiro atoms. The minimum Gasteiger partial charge on any atom is -0.487 e. The van der Waals surface area contributed by atoms with Gasteiger partial charge in [-0.3, -0.25) is 14.9 Å². The van der Waals surface area contributed by atoms with Gasteiger partial charge < -0.3 is 19.9 Å². The molecule has 0 saturated carbocycles. The van der Waals surface area contributed by atoms with Gasteiger partial charge in [-0.15, -0.1) is 0 Å². The van der Waals surface area contributed by atoms with Crippen LogP contribution in [0.3, 0.4) is 0 Å². The lowest BCUT2D eigenvalue weighted by molar-refractivity contribution is -0.134. The van der Waals surface area contributed by atoms with Crippen molar-refractivity contribution in [2.75, 3.05) is 49.1 Å². The lowest BCUT2D eigenvalue weighted by Gasteiger charge is -2.57. The minimum atomic E-state index is -0.297. The number of amides is 2. The van der Waals surface area contributed by atoms with Gasteiger partial charge in [0, 0.05) is 38.0 Å². The van der Waals surface area contributed by atoms with Gasteiger partial charge in [0.1, 0.15) is 12.6 Å². The number of carbonyl (C=O) groups excluding carboxylic acids is 2. The molecule has 7 nitrogen and oxygen atoms in total. The van der Waals surface area contributed by atoms with Crippen molar-refractivity contribution in [2.45, 2.75) is 18.9 Å². The molecule has 4 heterocycles. The summed E-state index contributed by atoms with van der Waals surface area (Å²) in [6.07, 6.45) is 0.956. The first-order valence-electron chi connectivity index (χ1n) is 8.97. The highest BCUT2D eigenvalue weighted by Crippen LogP contribution is 2.46. The molecule has 3 saturated heterocycles. The van der Waals surface area contributed by atoms with E-state index in [2.05, 4.69) is 26.5 Å². The molecule has 1 aromatic rings. The maximum Gasteiger partial charge on any atom is 0.249 e. The van der Waals surface area contributed by atoms with E-state index in [1.54, 1.807) is 0 Å². The first-order valence-corrected chi connectivity index (χ1v) is 8.97. The number of hydrogen-bond acceptors (Lipinski definition) is 6. The van der Waals surface area contributed by atoms with Crippen LogP contribution in [0.15, 0.2) is 18.2 Å². The zero-order chi connectivity index (χ0) is 17.0. The number of ether oxygens (including phenoxy) is 1. The maximum absolute atomic E-state index is 12.3. The van der Waals surface area contributed by atoms with Crippen molar-refractivity contribution in [1.82, 2.24) is 10.6 Å². The number of benzene rings is 1. The number of carbonyl (C=O) groups is 2. The van der Waals surface area contributed by atoms with Crippen molar-refractivity contribution >= 4 is 23.2 Å². The summed E-state index contributed by atoms with van der Waals surface area (Å²) in [7, 11) is 0. The van der Waals surface area contributed by atoms with Crippen molar-refractivity contribution in [3.63, 3.8) is 0 Å². The molecule has 2 N–H and O–H groups in total. The van der Waals surface area contributed by atoms with Crippen LogP contribution in [-0.4, -0.2) is 57.2 Å². The van der Waals surface area contributed by atoms with Gasteiger partial charge in [-0.1, -0.05) is 6.07 Å². The Morgan fingerprint density at radius 1 is 1.16 bits per heavy atom. The molecule has 7 heteroatoms. The third kappa shape index (κ3) is 2.29. The first kappa shape index (κ1) is 15.0. The molecule has 5 rings (SSSR count). The van der Waals surface area contributed by atoms with Gasteiger partial charge in [0.2, 0.25) is 11.8 Å². The molecule has 4 aliphatic heterocycles. The average molecular weight is 342 g/mol. The Labute approximate surface area is 146 Å². The number of rotatable bonds is 2. The van der Waals surface area contributed by atoms with Crippen molar-refractivity contribution in [3.8, 4) is 5.75 Å². The summed E-state index contributed by atoms with van der Waals surface area (Å²) >= 11 is 0. The van der Waals surface area contributed by atoms with Gasteiger partial charge in [-0.2, -0.15) is 0 Å².